The monoisotopic (exact) mass is 279 g/mol. The standard InChI is InChI=1S/C15H25N3O2/c1-5-10-15(3,4)17-13-9-7-8-12(16-11-6-2)14(13)18(19)20/h7-9,16-17H,5-6,10-11H2,1-4H3. The molecule has 112 valence electrons. The first kappa shape index (κ1) is 16.3. The topological polar surface area (TPSA) is 67.2 Å². The van der Waals surface area contributed by atoms with Crippen LogP contribution in [0.15, 0.2) is 18.2 Å². The fourth-order valence-corrected chi connectivity index (χ4v) is 2.30. The van der Waals surface area contributed by atoms with Gasteiger partial charge in [-0.1, -0.05) is 26.3 Å². The lowest BCUT2D eigenvalue weighted by molar-refractivity contribution is -0.383. The number of anilines is 2. The Balaban J connectivity index is 3.09. The largest absolute Gasteiger partial charge is 0.379 e. The van der Waals surface area contributed by atoms with E-state index >= 15 is 0 Å². The lowest BCUT2D eigenvalue weighted by atomic mass is 9.98. The predicted octanol–water partition coefficient (Wildman–Crippen LogP) is 4.41. The van der Waals surface area contributed by atoms with Crippen molar-refractivity contribution in [3.8, 4) is 0 Å². The van der Waals surface area contributed by atoms with E-state index in [0.717, 1.165) is 25.8 Å². The van der Waals surface area contributed by atoms with Crippen LogP contribution >= 0.6 is 0 Å². The van der Waals surface area contributed by atoms with E-state index in [9.17, 15) is 10.1 Å². The van der Waals surface area contributed by atoms with Gasteiger partial charge in [0.25, 0.3) is 0 Å². The van der Waals surface area contributed by atoms with Gasteiger partial charge in [0.15, 0.2) is 0 Å². The molecule has 20 heavy (non-hydrogen) atoms. The Morgan fingerprint density at radius 2 is 1.85 bits per heavy atom. The van der Waals surface area contributed by atoms with Gasteiger partial charge in [-0.3, -0.25) is 10.1 Å². The number of nitro benzene ring substituents is 1. The first-order valence-corrected chi connectivity index (χ1v) is 7.20. The molecule has 0 aliphatic carbocycles. The minimum Gasteiger partial charge on any atom is -0.379 e. The van der Waals surface area contributed by atoms with Crippen LogP contribution in [-0.4, -0.2) is 17.0 Å². The summed E-state index contributed by atoms with van der Waals surface area (Å²) in [6, 6.07) is 5.37. The molecule has 0 saturated carbocycles. The van der Waals surface area contributed by atoms with Crippen LogP contribution in [0.5, 0.6) is 0 Å². The summed E-state index contributed by atoms with van der Waals surface area (Å²) in [7, 11) is 0. The zero-order valence-electron chi connectivity index (χ0n) is 12.8. The van der Waals surface area contributed by atoms with Gasteiger partial charge in [0.05, 0.1) is 4.92 Å². The molecule has 0 bridgehead atoms. The van der Waals surface area contributed by atoms with Gasteiger partial charge in [0, 0.05) is 12.1 Å². The van der Waals surface area contributed by atoms with Gasteiger partial charge in [-0.25, -0.2) is 0 Å². The van der Waals surface area contributed by atoms with Crippen LogP contribution in [0.3, 0.4) is 0 Å². The summed E-state index contributed by atoms with van der Waals surface area (Å²) in [4.78, 5) is 11.1. The lowest BCUT2D eigenvalue weighted by Gasteiger charge is -2.27. The van der Waals surface area contributed by atoms with E-state index in [0.29, 0.717) is 11.4 Å². The minimum absolute atomic E-state index is 0.130. The van der Waals surface area contributed by atoms with Crippen molar-refractivity contribution in [2.45, 2.75) is 52.5 Å². The highest BCUT2D eigenvalue weighted by molar-refractivity contribution is 5.76. The number of nitrogens with zero attached hydrogens (tertiary/aromatic N) is 1. The molecule has 0 aliphatic heterocycles. The first-order chi connectivity index (χ1) is 9.41. The summed E-state index contributed by atoms with van der Waals surface area (Å²) in [6.07, 6.45) is 2.91. The smallest absolute Gasteiger partial charge is 0.315 e. The Morgan fingerprint density at radius 3 is 2.40 bits per heavy atom. The molecule has 0 unspecified atom stereocenters. The van der Waals surface area contributed by atoms with Gasteiger partial charge >= 0.3 is 5.69 Å². The number of para-hydroxylation sites is 1. The number of rotatable bonds is 8. The third-order valence-corrected chi connectivity index (χ3v) is 3.13. The number of benzene rings is 1. The van der Waals surface area contributed by atoms with Crippen LogP contribution in [0.25, 0.3) is 0 Å². The van der Waals surface area contributed by atoms with Crippen LogP contribution in [0, 0.1) is 10.1 Å². The van der Waals surface area contributed by atoms with E-state index in [1.165, 1.54) is 0 Å². The maximum absolute atomic E-state index is 11.4. The summed E-state index contributed by atoms with van der Waals surface area (Å²) in [5, 5.41) is 17.8. The van der Waals surface area contributed by atoms with Crippen molar-refractivity contribution in [2.75, 3.05) is 17.2 Å². The van der Waals surface area contributed by atoms with E-state index < -0.39 is 0 Å². The molecule has 2 N–H and O–H groups in total. The second kappa shape index (κ2) is 7.12. The molecule has 0 atom stereocenters. The normalized spacial score (nSPS) is 11.2. The van der Waals surface area contributed by atoms with Gasteiger partial charge in [-0.05, 0) is 38.8 Å². The predicted molar refractivity (Wildman–Crippen MR) is 84.5 cm³/mol. The Kier molecular flexibility index (Phi) is 5.80. The molecule has 5 heteroatoms. The Bertz CT molecular complexity index is 458. The molecule has 0 spiro atoms. The molecule has 0 aliphatic rings. The first-order valence-electron chi connectivity index (χ1n) is 7.20. The van der Waals surface area contributed by atoms with E-state index in [1.807, 2.05) is 13.0 Å². The minimum atomic E-state index is -0.317. The summed E-state index contributed by atoms with van der Waals surface area (Å²) in [5.74, 6) is 0. The maximum atomic E-state index is 11.4. The van der Waals surface area contributed by atoms with E-state index in [2.05, 4.69) is 31.4 Å². The quantitative estimate of drug-likeness (QED) is 0.546. The number of hydrogen-bond acceptors (Lipinski definition) is 4. The number of nitrogens with one attached hydrogen (secondary N) is 2. The SMILES string of the molecule is CCCNc1cccc(NC(C)(C)CCC)c1[N+](=O)[O-]. The van der Waals surface area contributed by atoms with Crippen LogP contribution in [0.2, 0.25) is 0 Å². The molecule has 0 aromatic heterocycles. The van der Waals surface area contributed by atoms with E-state index in [1.54, 1.807) is 12.1 Å². The van der Waals surface area contributed by atoms with Crippen molar-refractivity contribution in [1.29, 1.82) is 0 Å². The third kappa shape index (κ3) is 4.40. The second-order valence-electron chi connectivity index (χ2n) is 5.64. The van der Waals surface area contributed by atoms with Gasteiger partial charge < -0.3 is 10.6 Å². The van der Waals surface area contributed by atoms with E-state index in [-0.39, 0.29) is 16.1 Å². The molecule has 1 aromatic rings. The van der Waals surface area contributed by atoms with Crippen LogP contribution in [0.4, 0.5) is 17.1 Å². The Hall–Kier alpha value is -1.78. The fourth-order valence-electron chi connectivity index (χ4n) is 2.30. The highest BCUT2D eigenvalue weighted by atomic mass is 16.6. The van der Waals surface area contributed by atoms with Crippen LogP contribution < -0.4 is 10.6 Å². The van der Waals surface area contributed by atoms with Crippen molar-refractivity contribution in [2.24, 2.45) is 0 Å². The number of nitro groups is 1. The summed E-state index contributed by atoms with van der Waals surface area (Å²) < 4.78 is 0. The van der Waals surface area contributed by atoms with Crippen molar-refractivity contribution in [3.05, 3.63) is 28.3 Å². The average molecular weight is 279 g/mol. The molecule has 0 heterocycles. The Labute approximate surface area is 120 Å². The zero-order chi connectivity index (χ0) is 15.2. The van der Waals surface area contributed by atoms with Crippen molar-refractivity contribution >= 4 is 17.1 Å². The van der Waals surface area contributed by atoms with E-state index in [4.69, 9.17) is 0 Å². The molecule has 1 aromatic carbocycles. The van der Waals surface area contributed by atoms with Crippen LogP contribution in [-0.2, 0) is 0 Å². The highest BCUT2D eigenvalue weighted by Crippen LogP contribution is 2.35. The van der Waals surface area contributed by atoms with Crippen molar-refractivity contribution < 1.29 is 4.92 Å². The summed E-state index contributed by atoms with van der Waals surface area (Å²) >= 11 is 0. The maximum Gasteiger partial charge on any atom is 0.315 e. The van der Waals surface area contributed by atoms with Gasteiger partial charge in [-0.15, -0.1) is 0 Å². The molecule has 0 radical (unpaired) electrons. The molecular formula is C15H25N3O2. The molecule has 0 saturated heterocycles. The third-order valence-electron chi connectivity index (χ3n) is 3.13. The van der Waals surface area contributed by atoms with Crippen molar-refractivity contribution in [3.63, 3.8) is 0 Å². The van der Waals surface area contributed by atoms with Crippen LogP contribution in [0.1, 0.15) is 47.0 Å². The van der Waals surface area contributed by atoms with Gasteiger partial charge in [0.1, 0.15) is 11.4 Å². The highest BCUT2D eigenvalue weighted by Gasteiger charge is 2.24. The lowest BCUT2D eigenvalue weighted by Crippen LogP contribution is -2.30. The second-order valence-corrected chi connectivity index (χ2v) is 5.64. The average Bonchev–Trinajstić information content (AvgIpc) is 2.35. The van der Waals surface area contributed by atoms with Gasteiger partial charge in [0.2, 0.25) is 0 Å². The Morgan fingerprint density at radius 1 is 1.20 bits per heavy atom. The fraction of sp³-hybridized carbons (Fsp3) is 0.600. The molecule has 5 nitrogen and oxygen atoms in total. The van der Waals surface area contributed by atoms with Gasteiger partial charge in [-0.2, -0.15) is 0 Å². The zero-order valence-corrected chi connectivity index (χ0v) is 12.8. The summed E-state index contributed by atoms with van der Waals surface area (Å²) in [5.41, 5.74) is 1.12. The molecular weight excluding hydrogens is 254 g/mol. The number of hydrogen-bond donors (Lipinski definition) is 2. The molecule has 0 amide bonds. The molecule has 0 fully saturated rings. The van der Waals surface area contributed by atoms with Crippen molar-refractivity contribution in [1.82, 2.24) is 0 Å². The summed E-state index contributed by atoms with van der Waals surface area (Å²) in [6.45, 7) is 8.99. The molecule has 1 rings (SSSR count).